The summed E-state index contributed by atoms with van der Waals surface area (Å²) in [5.41, 5.74) is 2.99. The second-order valence-corrected chi connectivity index (χ2v) is 10.4. The SMILES string of the molecule is O=c1c2c3c(sc2ncn1/N=C\c1cc(Br)c(OCc2ccccc2)c(Br)c1)CCCC3. The Kier molecular flexibility index (Phi) is 6.26. The van der Waals surface area contributed by atoms with Crippen molar-refractivity contribution in [3.63, 3.8) is 0 Å². The van der Waals surface area contributed by atoms with Gasteiger partial charge in [-0.1, -0.05) is 30.3 Å². The Morgan fingerprint density at radius 1 is 1.12 bits per heavy atom. The van der Waals surface area contributed by atoms with Crippen molar-refractivity contribution in [2.75, 3.05) is 0 Å². The lowest BCUT2D eigenvalue weighted by molar-refractivity contribution is 0.302. The summed E-state index contributed by atoms with van der Waals surface area (Å²) in [5, 5.41) is 5.13. The van der Waals surface area contributed by atoms with Crippen molar-refractivity contribution >= 4 is 59.6 Å². The molecular formula is C24H19Br2N3O2S. The van der Waals surface area contributed by atoms with E-state index in [1.165, 1.54) is 27.9 Å². The van der Waals surface area contributed by atoms with Gasteiger partial charge in [0.25, 0.3) is 5.56 Å². The monoisotopic (exact) mass is 571 g/mol. The third-order valence-electron chi connectivity index (χ3n) is 5.44. The van der Waals surface area contributed by atoms with Gasteiger partial charge in [-0.15, -0.1) is 11.3 Å². The summed E-state index contributed by atoms with van der Waals surface area (Å²) in [6.07, 6.45) is 7.46. The Labute approximate surface area is 206 Å². The van der Waals surface area contributed by atoms with Crippen molar-refractivity contribution in [3.05, 3.63) is 89.7 Å². The lowest BCUT2D eigenvalue weighted by atomic mass is 9.97. The first kappa shape index (κ1) is 21.6. The van der Waals surface area contributed by atoms with Gasteiger partial charge in [0.1, 0.15) is 23.5 Å². The molecule has 2 aromatic carbocycles. The van der Waals surface area contributed by atoms with Crippen LogP contribution in [0.5, 0.6) is 5.75 Å². The van der Waals surface area contributed by atoms with E-state index < -0.39 is 0 Å². The number of aromatic nitrogens is 2. The maximum absolute atomic E-state index is 13.1. The zero-order chi connectivity index (χ0) is 22.1. The summed E-state index contributed by atoms with van der Waals surface area (Å²) in [5.74, 6) is 0.719. The second-order valence-electron chi connectivity index (χ2n) is 7.62. The molecule has 0 aliphatic heterocycles. The molecule has 1 aliphatic carbocycles. The van der Waals surface area contributed by atoms with E-state index in [1.54, 1.807) is 17.6 Å². The zero-order valence-corrected chi connectivity index (χ0v) is 21.0. The Balaban J connectivity index is 1.40. The second kappa shape index (κ2) is 9.29. The Morgan fingerprint density at radius 2 is 1.88 bits per heavy atom. The molecule has 0 bridgehead atoms. The Morgan fingerprint density at radius 3 is 2.66 bits per heavy atom. The van der Waals surface area contributed by atoms with Crippen LogP contribution in [-0.2, 0) is 19.4 Å². The minimum absolute atomic E-state index is 0.105. The molecule has 5 rings (SSSR count). The van der Waals surface area contributed by atoms with Crippen LogP contribution < -0.4 is 10.3 Å². The summed E-state index contributed by atoms with van der Waals surface area (Å²) in [6, 6.07) is 13.8. The van der Waals surface area contributed by atoms with Gasteiger partial charge in [-0.2, -0.15) is 9.78 Å². The van der Waals surface area contributed by atoms with Gasteiger partial charge in [-0.05, 0) is 86.4 Å². The van der Waals surface area contributed by atoms with E-state index in [0.29, 0.717) is 6.61 Å². The molecule has 8 heteroatoms. The summed E-state index contributed by atoms with van der Waals surface area (Å²) in [6.45, 7) is 0.470. The fourth-order valence-electron chi connectivity index (χ4n) is 3.87. The number of fused-ring (bicyclic) bond motifs is 3. The van der Waals surface area contributed by atoms with E-state index in [4.69, 9.17) is 4.74 Å². The molecule has 0 fully saturated rings. The number of benzene rings is 2. The third kappa shape index (κ3) is 4.31. The van der Waals surface area contributed by atoms with Crippen molar-refractivity contribution in [2.24, 2.45) is 5.10 Å². The molecule has 162 valence electrons. The van der Waals surface area contributed by atoms with Crippen LogP contribution in [0, 0.1) is 0 Å². The maximum atomic E-state index is 13.1. The van der Waals surface area contributed by atoms with Crippen LogP contribution in [0.2, 0.25) is 0 Å². The average Bonchev–Trinajstić information content (AvgIpc) is 3.18. The first-order valence-corrected chi connectivity index (χ1v) is 12.7. The topological polar surface area (TPSA) is 56.5 Å². The molecule has 0 unspecified atom stereocenters. The van der Waals surface area contributed by atoms with Gasteiger partial charge in [0, 0.05) is 4.88 Å². The third-order valence-corrected chi connectivity index (χ3v) is 7.81. The minimum Gasteiger partial charge on any atom is -0.487 e. The molecule has 0 radical (unpaired) electrons. The van der Waals surface area contributed by atoms with Gasteiger partial charge in [-0.3, -0.25) is 4.79 Å². The Hall–Kier alpha value is -2.29. The largest absolute Gasteiger partial charge is 0.487 e. The van der Waals surface area contributed by atoms with E-state index in [2.05, 4.69) is 41.9 Å². The highest BCUT2D eigenvalue weighted by Crippen LogP contribution is 2.35. The molecule has 4 aromatic rings. The molecule has 0 amide bonds. The number of rotatable bonds is 5. The van der Waals surface area contributed by atoms with Crippen LogP contribution in [0.25, 0.3) is 10.2 Å². The number of ether oxygens (including phenoxy) is 1. The van der Waals surface area contributed by atoms with E-state index in [1.807, 2.05) is 42.5 Å². The van der Waals surface area contributed by atoms with Crippen molar-refractivity contribution in [1.29, 1.82) is 0 Å². The number of aryl methyl sites for hydroxylation is 2. The van der Waals surface area contributed by atoms with Crippen LogP contribution in [0.15, 0.2) is 67.6 Å². The van der Waals surface area contributed by atoms with Crippen molar-refractivity contribution < 1.29 is 4.74 Å². The normalized spacial score (nSPS) is 13.6. The highest BCUT2D eigenvalue weighted by Gasteiger charge is 2.19. The Bertz CT molecular complexity index is 1360. The highest BCUT2D eigenvalue weighted by atomic mass is 79.9. The molecule has 2 aromatic heterocycles. The predicted octanol–water partition coefficient (Wildman–Crippen LogP) is 6.32. The lowest BCUT2D eigenvalue weighted by Gasteiger charge is -2.11. The smallest absolute Gasteiger partial charge is 0.282 e. The summed E-state index contributed by atoms with van der Waals surface area (Å²) in [4.78, 5) is 19.7. The molecule has 2 heterocycles. The van der Waals surface area contributed by atoms with Crippen molar-refractivity contribution in [3.8, 4) is 5.75 Å². The molecule has 0 atom stereocenters. The van der Waals surface area contributed by atoms with Crippen LogP contribution in [0.4, 0.5) is 0 Å². The van der Waals surface area contributed by atoms with Crippen LogP contribution in [0.3, 0.4) is 0 Å². The van der Waals surface area contributed by atoms with E-state index in [9.17, 15) is 4.79 Å². The van der Waals surface area contributed by atoms with E-state index in [0.717, 1.165) is 55.3 Å². The summed E-state index contributed by atoms with van der Waals surface area (Å²) >= 11 is 8.81. The van der Waals surface area contributed by atoms with Gasteiger partial charge in [-0.25, -0.2) is 4.98 Å². The molecule has 0 saturated heterocycles. The quantitative estimate of drug-likeness (QED) is 0.263. The first-order chi connectivity index (χ1) is 15.6. The number of hydrogen-bond acceptors (Lipinski definition) is 5. The molecule has 0 saturated carbocycles. The van der Waals surface area contributed by atoms with Crippen LogP contribution in [0.1, 0.15) is 34.4 Å². The van der Waals surface area contributed by atoms with Crippen LogP contribution in [-0.4, -0.2) is 15.9 Å². The molecule has 5 nitrogen and oxygen atoms in total. The number of thiophene rings is 1. The van der Waals surface area contributed by atoms with Crippen molar-refractivity contribution in [2.45, 2.75) is 32.3 Å². The lowest BCUT2D eigenvalue weighted by Crippen LogP contribution is -2.18. The van der Waals surface area contributed by atoms with E-state index in [-0.39, 0.29) is 5.56 Å². The fraction of sp³-hybridized carbons (Fsp3) is 0.208. The van der Waals surface area contributed by atoms with Gasteiger partial charge >= 0.3 is 0 Å². The summed E-state index contributed by atoms with van der Waals surface area (Å²) < 4.78 is 8.91. The van der Waals surface area contributed by atoms with Gasteiger partial charge in [0.05, 0.1) is 20.5 Å². The number of hydrogen-bond donors (Lipinski definition) is 0. The highest BCUT2D eigenvalue weighted by molar-refractivity contribution is 9.11. The van der Waals surface area contributed by atoms with E-state index >= 15 is 0 Å². The van der Waals surface area contributed by atoms with Crippen LogP contribution >= 0.6 is 43.2 Å². The van der Waals surface area contributed by atoms with Gasteiger partial charge < -0.3 is 4.74 Å². The molecular weight excluding hydrogens is 554 g/mol. The average molecular weight is 573 g/mol. The maximum Gasteiger partial charge on any atom is 0.282 e. The number of halogens is 2. The first-order valence-electron chi connectivity index (χ1n) is 10.3. The van der Waals surface area contributed by atoms with Gasteiger partial charge in [0.15, 0.2) is 0 Å². The molecule has 0 N–H and O–H groups in total. The minimum atomic E-state index is -0.105. The fourth-order valence-corrected chi connectivity index (χ4v) is 6.54. The molecule has 0 spiro atoms. The van der Waals surface area contributed by atoms with Crippen molar-refractivity contribution in [1.82, 2.24) is 9.66 Å². The number of nitrogens with zero attached hydrogens (tertiary/aromatic N) is 3. The standard InChI is InChI=1S/C24H19Br2N3O2S/c25-18-10-16(11-19(26)22(18)31-13-15-6-2-1-3-7-15)12-28-29-14-27-23-21(24(29)30)17-8-4-5-9-20(17)32-23/h1-3,6-7,10-12,14H,4-5,8-9,13H2/b28-12-. The summed E-state index contributed by atoms with van der Waals surface area (Å²) in [7, 11) is 0. The predicted molar refractivity (Wildman–Crippen MR) is 136 cm³/mol. The molecule has 1 aliphatic rings. The molecule has 32 heavy (non-hydrogen) atoms. The zero-order valence-electron chi connectivity index (χ0n) is 17.1. The van der Waals surface area contributed by atoms with Gasteiger partial charge in [0.2, 0.25) is 0 Å².